The topological polar surface area (TPSA) is 75.9 Å². The molecule has 1 heterocycles. The molecule has 1 aromatic carbocycles. The Labute approximate surface area is 136 Å². The van der Waals surface area contributed by atoms with Gasteiger partial charge in [-0.15, -0.1) is 5.10 Å². The molecule has 1 aliphatic carbocycles. The highest BCUT2D eigenvalue weighted by Gasteiger charge is 2.24. The van der Waals surface area contributed by atoms with Gasteiger partial charge in [-0.05, 0) is 54.2 Å². The van der Waals surface area contributed by atoms with Crippen LogP contribution in [0.15, 0.2) is 18.2 Å². The van der Waals surface area contributed by atoms with Crippen LogP contribution in [0.5, 0.6) is 0 Å². The molecule has 0 radical (unpaired) electrons. The molecule has 2 atom stereocenters. The molecule has 6 heteroatoms. The maximum atomic E-state index is 9.54. The molecular weight excluding hydrogens is 290 g/mol. The molecule has 0 saturated heterocycles. The zero-order valence-electron chi connectivity index (χ0n) is 13.9. The number of hydrogen-bond acceptors (Lipinski definition) is 5. The lowest BCUT2D eigenvalue weighted by atomic mass is 9.85. The average Bonchev–Trinajstić information content (AvgIpc) is 3.01. The van der Waals surface area contributed by atoms with Crippen LogP contribution in [0.2, 0.25) is 0 Å². The Bertz CT molecular complexity index is 634. The highest BCUT2D eigenvalue weighted by molar-refractivity contribution is 5.46. The maximum Gasteiger partial charge on any atom is 0.170 e. The molecule has 2 aromatic rings. The van der Waals surface area contributed by atoms with Gasteiger partial charge in [-0.25, -0.2) is 0 Å². The van der Waals surface area contributed by atoms with Crippen LogP contribution in [-0.4, -0.2) is 38.0 Å². The van der Waals surface area contributed by atoms with Crippen LogP contribution in [0.3, 0.4) is 0 Å². The molecule has 0 amide bonds. The lowest BCUT2D eigenvalue weighted by Gasteiger charge is -2.30. The van der Waals surface area contributed by atoms with Gasteiger partial charge < -0.3 is 10.4 Å². The number of aryl methyl sites for hydroxylation is 2. The first kappa shape index (κ1) is 16.1. The van der Waals surface area contributed by atoms with Gasteiger partial charge in [0, 0.05) is 12.6 Å². The molecule has 1 saturated carbocycles. The zero-order chi connectivity index (χ0) is 16.2. The summed E-state index contributed by atoms with van der Waals surface area (Å²) in [6.45, 7) is 5.01. The number of rotatable bonds is 5. The summed E-state index contributed by atoms with van der Waals surface area (Å²) in [5, 5.41) is 25.3. The largest absolute Gasteiger partial charge is 0.396 e. The van der Waals surface area contributed by atoms with Gasteiger partial charge in [0.25, 0.3) is 0 Å². The van der Waals surface area contributed by atoms with Crippen LogP contribution in [0.25, 0.3) is 5.69 Å². The first-order chi connectivity index (χ1) is 11.2. The predicted molar refractivity (Wildman–Crippen MR) is 88.3 cm³/mol. The minimum absolute atomic E-state index is 0.250. The van der Waals surface area contributed by atoms with Gasteiger partial charge in [0.15, 0.2) is 5.82 Å². The van der Waals surface area contributed by atoms with Gasteiger partial charge >= 0.3 is 0 Å². The lowest BCUT2D eigenvalue weighted by Crippen LogP contribution is -2.40. The first-order valence-electron chi connectivity index (χ1n) is 8.38. The Balaban J connectivity index is 1.76. The fourth-order valence-electron chi connectivity index (χ4n) is 3.55. The van der Waals surface area contributed by atoms with Crippen molar-refractivity contribution < 1.29 is 5.11 Å². The Hall–Kier alpha value is -1.79. The van der Waals surface area contributed by atoms with Crippen LogP contribution < -0.4 is 5.32 Å². The van der Waals surface area contributed by atoms with E-state index < -0.39 is 0 Å². The molecular formula is C17H25N5O. The van der Waals surface area contributed by atoms with Gasteiger partial charge in [0.1, 0.15) is 0 Å². The third-order valence-corrected chi connectivity index (χ3v) is 4.85. The molecule has 0 unspecified atom stereocenters. The summed E-state index contributed by atoms with van der Waals surface area (Å²) >= 11 is 0. The number of tetrazole rings is 1. The quantitative estimate of drug-likeness (QED) is 0.881. The normalized spacial score (nSPS) is 21.5. The van der Waals surface area contributed by atoms with E-state index in [0.29, 0.717) is 18.5 Å². The minimum Gasteiger partial charge on any atom is -0.396 e. The van der Waals surface area contributed by atoms with Crippen LogP contribution in [0.1, 0.15) is 42.6 Å². The number of aliphatic hydroxyl groups is 1. The number of nitrogens with one attached hydrogen (secondary N) is 1. The van der Waals surface area contributed by atoms with Crippen molar-refractivity contribution in [3.63, 3.8) is 0 Å². The van der Waals surface area contributed by atoms with Crippen molar-refractivity contribution in [3.05, 3.63) is 35.2 Å². The SMILES string of the molecule is Cc1cccc(C)c1-n1nnnc1CN[C@@H]1CCCC[C@H]1CO. The van der Waals surface area contributed by atoms with Gasteiger partial charge in [-0.1, -0.05) is 31.0 Å². The summed E-state index contributed by atoms with van der Waals surface area (Å²) in [5.41, 5.74) is 3.37. The zero-order valence-corrected chi connectivity index (χ0v) is 13.9. The first-order valence-corrected chi connectivity index (χ1v) is 8.38. The third kappa shape index (κ3) is 3.43. The fraction of sp³-hybridized carbons (Fsp3) is 0.588. The standard InChI is InChI=1S/C17H25N5O/c1-12-6-5-7-13(2)17(12)22-16(19-20-21-22)10-18-15-9-4-3-8-14(15)11-23/h5-7,14-15,18,23H,3-4,8-11H2,1-2H3/t14-,15+/m0/s1. The van der Waals surface area contributed by atoms with Crippen LogP contribution in [0.4, 0.5) is 0 Å². The van der Waals surface area contributed by atoms with Crippen molar-refractivity contribution in [1.82, 2.24) is 25.5 Å². The number of benzene rings is 1. The van der Waals surface area contributed by atoms with Gasteiger partial charge in [-0.3, -0.25) is 0 Å². The van der Waals surface area contributed by atoms with Crippen molar-refractivity contribution >= 4 is 0 Å². The van der Waals surface area contributed by atoms with E-state index in [1.165, 1.54) is 12.8 Å². The van der Waals surface area contributed by atoms with Crippen molar-refractivity contribution in [2.45, 2.75) is 52.1 Å². The van der Waals surface area contributed by atoms with E-state index >= 15 is 0 Å². The molecule has 0 bridgehead atoms. The van der Waals surface area contributed by atoms with Crippen LogP contribution in [-0.2, 0) is 6.54 Å². The van der Waals surface area contributed by atoms with Gasteiger partial charge in [-0.2, -0.15) is 4.68 Å². The smallest absolute Gasteiger partial charge is 0.170 e. The molecule has 0 spiro atoms. The molecule has 0 aliphatic heterocycles. The third-order valence-electron chi connectivity index (χ3n) is 4.85. The molecule has 1 aromatic heterocycles. The van der Waals surface area contributed by atoms with E-state index in [1.807, 2.05) is 10.7 Å². The molecule has 1 aliphatic rings. The number of aromatic nitrogens is 4. The molecule has 3 rings (SSSR count). The summed E-state index contributed by atoms with van der Waals surface area (Å²) in [6.07, 6.45) is 4.63. The summed E-state index contributed by atoms with van der Waals surface area (Å²) in [6, 6.07) is 6.54. The Morgan fingerprint density at radius 3 is 2.70 bits per heavy atom. The van der Waals surface area contributed by atoms with Crippen molar-refractivity contribution in [2.24, 2.45) is 5.92 Å². The van der Waals surface area contributed by atoms with Crippen molar-refractivity contribution in [2.75, 3.05) is 6.61 Å². The Morgan fingerprint density at radius 1 is 1.22 bits per heavy atom. The van der Waals surface area contributed by atoms with Gasteiger partial charge in [0.05, 0.1) is 12.2 Å². The van der Waals surface area contributed by atoms with Crippen LogP contribution >= 0.6 is 0 Å². The Morgan fingerprint density at radius 2 is 1.96 bits per heavy atom. The summed E-state index contributed by atoms with van der Waals surface area (Å²) < 4.78 is 1.83. The average molecular weight is 315 g/mol. The van der Waals surface area contributed by atoms with E-state index in [0.717, 1.165) is 35.5 Å². The highest BCUT2D eigenvalue weighted by atomic mass is 16.3. The van der Waals surface area contributed by atoms with Gasteiger partial charge in [0.2, 0.25) is 0 Å². The molecule has 1 fully saturated rings. The lowest BCUT2D eigenvalue weighted by molar-refractivity contribution is 0.152. The number of para-hydroxylation sites is 1. The number of nitrogens with zero attached hydrogens (tertiary/aromatic N) is 4. The fourth-order valence-corrected chi connectivity index (χ4v) is 3.55. The predicted octanol–water partition coefficient (Wildman–Crippen LogP) is 1.92. The van der Waals surface area contributed by atoms with E-state index in [1.54, 1.807) is 0 Å². The second-order valence-corrected chi connectivity index (χ2v) is 6.46. The molecule has 6 nitrogen and oxygen atoms in total. The van der Waals surface area contributed by atoms with E-state index in [-0.39, 0.29) is 6.61 Å². The maximum absolute atomic E-state index is 9.54. The second kappa shape index (κ2) is 7.19. The van der Waals surface area contributed by atoms with Crippen LogP contribution in [0, 0.1) is 19.8 Å². The number of hydrogen-bond donors (Lipinski definition) is 2. The Kier molecular flexibility index (Phi) is 5.03. The molecule has 2 N–H and O–H groups in total. The number of aliphatic hydroxyl groups excluding tert-OH is 1. The van der Waals surface area contributed by atoms with Crippen molar-refractivity contribution in [1.29, 1.82) is 0 Å². The van der Waals surface area contributed by atoms with E-state index in [2.05, 4.69) is 46.8 Å². The second-order valence-electron chi connectivity index (χ2n) is 6.46. The summed E-state index contributed by atoms with van der Waals surface area (Å²) in [5.74, 6) is 1.15. The van der Waals surface area contributed by atoms with Crippen molar-refractivity contribution in [3.8, 4) is 5.69 Å². The van der Waals surface area contributed by atoms with E-state index in [9.17, 15) is 5.11 Å². The van der Waals surface area contributed by atoms with E-state index in [4.69, 9.17) is 0 Å². The summed E-state index contributed by atoms with van der Waals surface area (Å²) in [7, 11) is 0. The highest BCUT2D eigenvalue weighted by Crippen LogP contribution is 2.24. The molecule has 23 heavy (non-hydrogen) atoms. The monoisotopic (exact) mass is 315 g/mol. The summed E-state index contributed by atoms with van der Waals surface area (Å²) in [4.78, 5) is 0. The minimum atomic E-state index is 0.250. The molecule has 124 valence electrons.